The van der Waals surface area contributed by atoms with Gasteiger partial charge in [-0.15, -0.1) is 0 Å². The van der Waals surface area contributed by atoms with Crippen molar-refractivity contribution in [2.45, 2.75) is 19.3 Å². The number of anilines is 1. The van der Waals surface area contributed by atoms with Gasteiger partial charge in [-0.05, 0) is 26.0 Å². The van der Waals surface area contributed by atoms with Gasteiger partial charge in [0.15, 0.2) is 11.0 Å². The van der Waals surface area contributed by atoms with E-state index in [1.807, 2.05) is 6.07 Å². The van der Waals surface area contributed by atoms with E-state index in [4.69, 9.17) is 21.1 Å². The Labute approximate surface area is 154 Å². The van der Waals surface area contributed by atoms with Gasteiger partial charge >= 0.3 is 11.9 Å². The summed E-state index contributed by atoms with van der Waals surface area (Å²) in [7, 11) is 1.60. The fourth-order valence-corrected chi connectivity index (χ4v) is 3.10. The van der Waals surface area contributed by atoms with E-state index in [0.29, 0.717) is 11.0 Å². The zero-order valence-corrected chi connectivity index (χ0v) is 15.3. The molecule has 136 valence electrons. The molecule has 0 bridgehead atoms. The maximum Gasteiger partial charge on any atom is 0.337 e. The van der Waals surface area contributed by atoms with Crippen molar-refractivity contribution in [3.8, 4) is 0 Å². The van der Waals surface area contributed by atoms with Gasteiger partial charge in [-0.25, -0.2) is 24.6 Å². The molecule has 1 aliphatic heterocycles. The van der Waals surface area contributed by atoms with Gasteiger partial charge in [-0.2, -0.15) is 5.10 Å². The molecule has 0 saturated heterocycles. The van der Waals surface area contributed by atoms with Gasteiger partial charge in [-0.3, -0.25) is 0 Å². The smallest absolute Gasteiger partial charge is 0.337 e. The van der Waals surface area contributed by atoms with Crippen LogP contribution in [-0.4, -0.2) is 47.3 Å². The maximum atomic E-state index is 12.9. The van der Waals surface area contributed by atoms with Crippen LogP contribution >= 0.6 is 11.6 Å². The Morgan fingerprint density at radius 2 is 1.62 bits per heavy atom. The van der Waals surface area contributed by atoms with Gasteiger partial charge in [0.25, 0.3) is 5.41 Å². The van der Waals surface area contributed by atoms with E-state index in [2.05, 4.69) is 15.1 Å². The molecule has 3 rings (SSSR count). The average Bonchev–Trinajstić information content (AvgIpc) is 2.61. The Morgan fingerprint density at radius 1 is 1.08 bits per heavy atom. The van der Waals surface area contributed by atoms with Gasteiger partial charge in [0.05, 0.1) is 24.2 Å². The third-order valence-corrected chi connectivity index (χ3v) is 4.28. The topological polar surface area (TPSA) is 94.0 Å². The molecule has 0 amide bonds. The molecule has 0 unspecified atom stereocenters. The number of rotatable bonds is 4. The number of carbonyl (C=O) groups is 2. The van der Waals surface area contributed by atoms with Crippen LogP contribution in [0.25, 0.3) is 11.0 Å². The number of hydrazone groups is 1. The predicted molar refractivity (Wildman–Crippen MR) is 96.2 cm³/mol. The van der Waals surface area contributed by atoms with Crippen LogP contribution in [0, 0.1) is 0 Å². The van der Waals surface area contributed by atoms with Gasteiger partial charge in [0.1, 0.15) is 5.69 Å². The minimum Gasteiger partial charge on any atom is -0.465 e. The summed E-state index contributed by atoms with van der Waals surface area (Å²) in [5.41, 5.74) is -0.973. The largest absolute Gasteiger partial charge is 0.465 e. The van der Waals surface area contributed by atoms with Crippen LogP contribution in [0.5, 0.6) is 0 Å². The first kappa shape index (κ1) is 18.1. The van der Waals surface area contributed by atoms with Crippen molar-refractivity contribution in [3.05, 3.63) is 30.0 Å². The molecule has 0 aliphatic carbocycles. The molecule has 0 spiro atoms. The number of para-hydroxylation sites is 2. The number of hydrogen-bond donors (Lipinski definition) is 0. The minimum atomic E-state index is -2.10. The fraction of sp³-hybridized carbons (Fsp3) is 0.353. The molecule has 0 radical (unpaired) electrons. The second kappa shape index (κ2) is 6.87. The van der Waals surface area contributed by atoms with Crippen molar-refractivity contribution in [1.29, 1.82) is 0 Å². The molecule has 0 atom stereocenters. The Bertz CT molecular complexity index is 897. The third-order valence-electron chi connectivity index (χ3n) is 3.92. The van der Waals surface area contributed by atoms with Crippen LogP contribution in [0.2, 0.25) is 0 Å². The monoisotopic (exact) mass is 376 g/mol. The maximum absolute atomic E-state index is 12.9. The van der Waals surface area contributed by atoms with Gasteiger partial charge < -0.3 is 9.47 Å². The first-order valence-corrected chi connectivity index (χ1v) is 8.44. The van der Waals surface area contributed by atoms with Crippen molar-refractivity contribution in [1.82, 2.24) is 9.97 Å². The molecule has 1 aliphatic rings. The van der Waals surface area contributed by atoms with E-state index in [1.165, 1.54) is 5.01 Å². The number of nitrogens with zero attached hydrogens (tertiary/aromatic N) is 4. The zero-order valence-electron chi connectivity index (χ0n) is 14.5. The normalized spacial score (nSPS) is 15.2. The highest BCUT2D eigenvalue weighted by atomic mass is 35.5. The number of hydrogen-bond acceptors (Lipinski definition) is 8. The highest BCUT2D eigenvalue weighted by molar-refractivity contribution is 6.72. The Hall–Kier alpha value is -2.74. The van der Waals surface area contributed by atoms with Gasteiger partial charge in [0, 0.05) is 7.05 Å². The van der Waals surface area contributed by atoms with E-state index in [0.717, 1.165) is 0 Å². The lowest BCUT2D eigenvalue weighted by Crippen LogP contribution is -2.54. The molecular formula is C17H17ClN4O4. The van der Waals surface area contributed by atoms with Crippen LogP contribution in [-0.2, 0) is 24.5 Å². The van der Waals surface area contributed by atoms with Gasteiger partial charge in [0.2, 0.25) is 0 Å². The molecule has 1 aromatic carbocycles. The van der Waals surface area contributed by atoms with Crippen molar-refractivity contribution in [3.63, 3.8) is 0 Å². The van der Waals surface area contributed by atoms with Crippen LogP contribution < -0.4 is 5.01 Å². The second-order valence-corrected chi connectivity index (χ2v) is 5.85. The van der Waals surface area contributed by atoms with Crippen molar-refractivity contribution >= 4 is 45.6 Å². The van der Waals surface area contributed by atoms with E-state index < -0.39 is 17.4 Å². The van der Waals surface area contributed by atoms with E-state index in [1.54, 1.807) is 39.1 Å². The molecule has 9 heteroatoms. The van der Waals surface area contributed by atoms with Crippen molar-refractivity contribution < 1.29 is 19.1 Å². The minimum absolute atomic E-state index is 0.0376. The van der Waals surface area contributed by atoms with Crippen LogP contribution in [0.15, 0.2) is 29.4 Å². The highest BCUT2D eigenvalue weighted by Gasteiger charge is 2.60. The number of carbonyl (C=O) groups excluding carboxylic acids is 2. The van der Waals surface area contributed by atoms with Crippen LogP contribution in [0.3, 0.4) is 0 Å². The molecule has 2 aromatic rings. The summed E-state index contributed by atoms with van der Waals surface area (Å²) in [5, 5.41) is 5.17. The first-order valence-electron chi connectivity index (χ1n) is 8.06. The second-order valence-electron chi connectivity index (χ2n) is 5.49. The third kappa shape index (κ3) is 2.57. The van der Waals surface area contributed by atoms with Crippen molar-refractivity contribution in [2.75, 3.05) is 25.3 Å². The molecule has 8 nitrogen and oxygen atoms in total. The van der Waals surface area contributed by atoms with E-state index >= 15 is 0 Å². The lowest BCUT2D eigenvalue weighted by molar-refractivity contribution is -0.160. The standard InChI is InChI=1S/C17H17ClN4O4/c1-4-25-15(23)17(16(24)26-5-2)12-13(22(3)21-14(17)18)20-11-9-7-6-8-10(11)19-12/h6-9H,4-5H2,1-3H3. The number of benzene rings is 1. The zero-order chi connectivity index (χ0) is 18.9. The quantitative estimate of drug-likeness (QED) is 0.595. The SMILES string of the molecule is CCOC(=O)C1(C(=O)OCC)C(Cl)=NN(C)c2nc3ccccc3nc21. The molecule has 2 heterocycles. The van der Waals surface area contributed by atoms with E-state index in [9.17, 15) is 9.59 Å². The van der Waals surface area contributed by atoms with E-state index in [-0.39, 0.29) is 29.9 Å². The molecule has 0 saturated carbocycles. The molecule has 1 aromatic heterocycles. The summed E-state index contributed by atoms with van der Waals surface area (Å²) in [6, 6.07) is 7.09. The average molecular weight is 377 g/mol. The summed E-state index contributed by atoms with van der Waals surface area (Å²) in [6.07, 6.45) is 0. The first-order chi connectivity index (χ1) is 12.5. The molecule has 0 fully saturated rings. The summed E-state index contributed by atoms with van der Waals surface area (Å²) >= 11 is 6.31. The Kier molecular flexibility index (Phi) is 4.78. The Balaban J connectivity index is 2.36. The highest BCUT2D eigenvalue weighted by Crippen LogP contribution is 2.40. The summed E-state index contributed by atoms with van der Waals surface area (Å²) in [4.78, 5) is 34.8. The molecule has 26 heavy (non-hydrogen) atoms. The number of esters is 2. The lowest BCUT2D eigenvalue weighted by atomic mass is 9.83. The number of ether oxygens (including phenoxy) is 2. The summed E-state index contributed by atoms with van der Waals surface area (Å²) < 4.78 is 10.3. The van der Waals surface area contributed by atoms with Crippen LogP contribution in [0.1, 0.15) is 19.5 Å². The summed E-state index contributed by atoms with van der Waals surface area (Å²) in [6.45, 7) is 3.36. The van der Waals surface area contributed by atoms with Crippen LogP contribution in [0.4, 0.5) is 5.82 Å². The fourth-order valence-electron chi connectivity index (χ4n) is 2.74. The van der Waals surface area contributed by atoms with Crippen molar-refractivity contribution in [2.24, 2.45) is 5.10 Å². The number of halogens is 1. The molecule has 0 N–H and O–H groups in total. The van der Waals surface area contributed by atoms with Gasteiger partial charge in [-0.1, -0.05) is 23.7 Å². The number of fused-ring (bicyclic) bond motifs is 2. The Morgan fingerprint density at radius 3 is 2.15 bits per heavy atom. The predicted octanol–water partition coefficient (Wildman–Crippen LogP) is 2.00. The number of aromatic nitrogens is 2. The lowest BCUT2D eigenvalue weighted by Gasteiger charge is -2.33. The summed E-state index contributed by atoms with van der Waals surface area (Å²) in [5.74, 6) is -1.56. The molecular weight excluding hydrogens is 360 g/mol.